The lowest BCUT2D eigenvalue weighted by Crippen LogP contribution is -2.30. The van der Waals surface area contributed by atoms with Gasteiger partial charge in [0, 0.05) is 19.3 Å². The molecule has 0 aliphatic carbocycles. The van der Waals surface area contributed by atoms with Crippen molar-refractivity contribution >= 4 is 17.9 Å². The van der Waals surface area contributed by atoms with E-state index in [4.69, 9.17) is 14.2 Å². The molecule has 0 unspecified atom stereocenters. The molecule has 0 heterocycles. The smallest absolute Gasteiger partial charge is 0.306 e. The van der Waals surface area contributed by atoms with Gasteiger partial charge in [0.25, 0.3) is 0 Å². The average molecular weight is 723 g/mol. The van der Waals surface area contributed by atoms with Gasteiger partial charge in [-0.05, 0) is 31.1 Å². The van der Waals surface area contributed by atoms with E-state index in [1.54, 1.807) is 0 Å². The minimum absolute atomic E-state index is 0.0658. The summed E-state index contributed by atoms with van der Waals surface area (Å²) >= 11 is 0. The third-order valence-corrected chi connectivity index (χ3v) is 9.97. The Morgan fingerprint density at radius 2 is 0.647 bits per heavy atom. The normalized spacial score (nSPS) is 12.1. The zero-order valence-corrected chi connectivity index (χ0v) is 34.7. The summed E-state index contributed by atoms with van der Waals surface area (Å²) in [6.45, 7) is 11.2. The summed E-state index contributed by atoms with van der Waals surface area (Å²) in [4.78, 5) is 37.6. The first-order valence-electron chi connectivity index (χ1n) is 22.2. The quantitative estimate of drug-likeness (QED) is 0.0357. The Morgan fingerprint density at radius 1 is 0.373 bits per heavy atom. The van der Waals surface area contributed by atoms with Crippen molar-refractivity contribution in [1.82, 2.24) is 0 Å². The van der Waals surface area contributed by atoms with Crippen LogP contribution in [0.4, 0.5) is 0 Å². The number of unbranched alkanes of at least 4 members (excludes halogenated alkanes) is 24. The van der Waals surface area contributed by atoms with E-state index in [1.807, 2.05) is 0 Å². The largest absolute Gasteiger partial charge is 0.462 e. The highest BCUT2D eigenvalue weighted by Crippen LogP contribution is 2.16. The van der Waals surface area contributed by atoms with Crippen LogP contribution in [-0.4, -0.2) is 37.2 Å². The first kappa shape index (κ1) is 49.4. The predicted molar refractivity (Wildman–Crippen MR) is 215 cm³/mol. The summed E-state index contributed by atoms with van der Waals surface area (Å²) in [7, 11) is 0. The standard InChI is InChI=1S/C45H86O6/c1-6-7-8-9-10-11-12-13-14-20-25-30-35-43(46)49-38-42(51-45(48)37-32-27-22-17-19-24-29-34-41(4)5)39-50-44(47)36-31-26-21-16-15-18-23-28-33-40(2)3/h40-42H,6-39H2,1-5H3/t42-/m0/s1. The van der Waals surface area contributed by atoms with Crippen molar-refractivity contribution in [3.8, 4) is 0 Å². The number of carbonyl (C=O) groups is 3. The van der Waals surface area contributed by atoms with Gasteiger partial charge in [0.1, 0.15) is 13.2 Å². The molecular weight excluding hydrogens is 636 g/mol. The molecule has 6 heteroatoms. The lowest BCUT2D eigenvalue weighted by atomic mass is 10.0. The molecule has 0 saturated heterocycles. The van der Waals surface area contributed by atoms with E-state index in [0.717, 1.165) is 69.6 Å². The van der Waals surface area contributed by atoms with Crippen molar-refractivity contribution in [1.29, 1.82) is 0 Å². The molecular formula is C45H86O6. The molecule has 0 N–H and O–H groups in total. The summed E-state index contributed by atoms with van der Waals surface area (Å²) in [5.41, 5.74) is 0. The molecule has 0 aliphatic heterocycles. The molecule has 0 radical (unpaired) electrons. The van der Waals surface area contributed by atoms with Crippen molar-refractivity contribution < 1.29 is 28.6 Å². The SMILES string of the molecule is CCCCCCCCCCCCCCC(=O)OC[C@@H](COC(=O)CCCCCCCCCCC(C)C)OC(=O)CCCCCCCCCC(C)C. The molecule has 0 saturated carbocycles. The summed E-state index contributed by atoms with van der Waals surface area (Å²) < 4.78 is 16.7. The molecule has 0 rings (SSSR count). The van der Waals surface area contributed by atoms with E-state index in [9.17, 15) is 14.4 Å². The zero-order valence-electron chi connectivity index (χ0n) is 34.7. The average Bonchev–Trinajstić information content (AvgIpc) is 3.09. The van der Waals surface area contributed by atoms with E-state index in [0.29, 0.717) is 19.3 Å². The van der Waals surface area contributed by atoms with E-state index in [2.05, 4.69) is 34.6 Å². The van der Waals surface area contributed by atoms with Crippen LogP contribution in [0, 0.1) is 11.8 Å². The van der Waals surface area contributed by atoms with Gasteiger partial charge in [-0.15, -0.1) is 0 Å². The van der Waals surface area contributed by atoms with E-state index in [1.165, 1.54) is 128 Å². The Labute approximate surface area is 317 Å². The van der Waals surface area contributed by atoms with Crippen LogP contribution < -0.4 is 0 Å². The summed E-state index contributed by atoms with van der Waals surface area (Å²) in [6.07, 6.45) is 35.2. The van der Waals surface area contributed by atoms with Gasteiger partial charge in [-0.3, -0.25) is 14.4 Å². The predicted octanol–water partition coefficient (Wildman–Crippen LogP) is 13.8. The number of hydrogen-bond donors (Lipinski definition) is 0. The van der Waals surface area contributed by atoms with Gasteiger partial charge < -0.3 is 14.2 Å². The topological polar surface area (TPSA) is 78.9 Å². The molecule has 51 heavy (non-hydrogen) atoms. The summed E-state index contributed by atoms with van der Waals surface area (Å²) in [5, 5.41) is 0. The highest BCUT2D eigenvalue weighted by atomic mass is 16.6. The molecule has 6 nitrogen and oxygen atoms in total. The second-order valence-electron chi connectivity index (χ2n) is 16.3. The molecule has 0 spiro atoms. The molecule has 0 bridgehead atoms. The fourth-order valence-corrected chi connectivity index (χ4v) is 6.58. The van der Waals surface area contributed by atoms with Crippen molar-refractivity contribution in [3.05, 3.63) is 0 Å². The highest BCUT2D eigenvalue weighted by Gasteiger charge is 2.19. The van der Waals surface area contributed by atoms with Crippen molar-refractivity contribution in [2.75, 3.05) is 13.2 Å². The fraction of sp³-hybridized carbons (Fsp3) is 0.933. The number of rotatable bonds is 39. The Hall–Kier alpha value is -1.59. The van der Waals surface area contributed by atoms with Crippen LogP contribution in [0.1, 0.15) is 240 Å². The van der Waals surface area contributed by atoms with Crippen LogP contribution in [-0.2, 0) is 28.6 Å². The van der Waals surface area contributed by atoms with Gasteiger partial charge in [-0.1, -0.05) is 202 Å². The molecule has 0 amide bonds. The third-order valence-electron chi connectivity index (χ3n) is 9.97. The van der Waals surface area contributed by atoms with E-state index >= 15 is 0 Å². The van der Waals surface area contributed by atoms with Gasteiger partial charge in [0.2, 0.25) is 0 Å². The number of hydrogen-bond acceptors (Lipinski definition) is 6. The highest BCUT2D eigenvalue weighted by molar-refractivity contribution is 5.71. The molecule has 1 atom stereocenters. The maximum atomic E-state index is 12.7. The first-order chi connectivity index (χ1) is 24.7. The molecule has 0 aromatic rings. The lowest BCUT2D eigenvalue weighted by Gasteiger charge is -2.18. The van der Waals surface area contributed by atoms with Gasteiger partial charge >= 0.3 is 17.9 Å². The molecule has 0 aliphatic rings. The molecule has 0 aromatic heterocycles. The fourth-order valence-electron chi connectivity index (χ4n) is 6.58. The second-order valence-corrected chi connectivity index (χ2v) is 16.3. The minimum atomic E-state index is -0.760. The third kappa shape index (κ3) is 39.5. The van der Waals surface area contributed by atoms with Crippen LogP contribution >= 0.6 is 0 Å². The van der Waals surface area contributed by atoms with Crippen LogP contribution in [0.15, 0.2) is 0 Å². The summed E-state index contributed by atoms with van der Waals surface area (Å²) in [5.74, 6) is 0.711. The van der Waals surface area contributed by atoms with Crippen LogP contribution in [0.3, 0.4) is 0 Å². The van der Waals surface area contributed by atoms with Gasteiger partial charge in [0.15, 0.2) is 6.10 Å². The van der Waals surface area contributed by atoms with Crippen molar-refractivity contribution in [2.45, 2.75) is 246 Å². The van der Waals surface area contributed by atoms with Gasteiger partial charge in [0.05, 0.1) is 0 Å². The molecule has 302 valence electrons. The monoisotopic (exact) mass is 723 g/mol. The lowest BCUT2D eigenvalue weighted by molar-refractivity contribution is -0.167. The maximum absolute atomic E-state index is 12.7. The Kier molecular flexibility index (Phi) is 37.0. The Morgan fingerprint density at radius 3 is 0.961 bits per heavy atom. The first-order valence-corrected chi connectivity index (χ1v) is 22.2. The molecule has 0 fully saturated rings. The van der Waals surface area contributed by atoms with E-state index < -0.39 is 6.10 Å². The Balaban J connectivity index is 4.34. The number of ether oxygens (including phenoxy) is 3. The van der Waals surface area contributed by atoms with Crippen LogP contribution in [0.25, 0.3) is 0 Å². The zero-order chi connectivity index (χ0) is 37.6. The maximum Gasteiger partial charge on any atom is 0.306 e. The minimum Gasteiger partial charge on any atom is -0.462 e. The number of esters is 3. The van der Waals surface area contributed by atoms with Crippen LogP contribution in [0.2, 0.25) is 0 Å². The van der Waals surface area contributed by atoms with Gasteiger partial charge in [-0.25, -0.2) is 0 Å². The number of carbonyl (C=O) groups excluding carboxylic acids is 3. The van der Waals surface area contributed by atoms with Crippen LogP contribution in [0.5, 0.6) is 0 Å². The van der Waals surface area contributed by atoms with Gasteiger partial charge in [-0.2, -0.15) is 0 Å². The molecule has 0 aromatic carbocycles. The summed E-state index contributed by atoms with van der Waals surface area (Å²) in [6, 6.07) is 0. The second kappa shape index (κ2) is 38.1. The van der Waals surface area contributed by atoms with E-state index in [-0.39, 0.29) is 31.1 Å². The Bertz CT molecular complexity index is 779. The van der Waals surface area contributed by atoms with Crippen molar-refractivity contribution in [2.24, 2.45) is 11.8 Å². The van der Waals surface area contributed by atoms with Crippen molar-refractivity contribution in [3.63, 3.8) is 0 Å².